The molecule has 1 saturated heterocycles. The summed E-state index contributed by atoms with van der Waals surface area (Å²) in [6, 6.07) is -1.09. The molecule has 6 nitrogen and oxygen atoms in total. The fraction of sp³-hybridized carbons (Fsp3) is 0.650. The molecule has 0 N–H and O–H groups in total. The fourth-order valence-electron chi connectivity index (χ4n) is 3.19. The van der Waals surface area contributed by atoms with E-state index in [-0.39, 0.29) is 25.0 Å². The van der Waals surface area contributed by atoms with Crippen molar-refractivity contribution in [1.29, 1.82) is 0 Å². The summed E-state index contributed by atoms with van der Waals surface area (Å²) < 4.78 is 50.2. The van der Waals surface area contributed by atoms with Crippen molar-refractivity contribution < 1.29 is 37.0 Å². The lowest BCUT2D eigenvalue weighted by molar-refractivity contribution is -0.179. The van der Waals surface area contributed by atoms with E-state index in [2.05, 4.69) is 15.9 Å². The third-order valence-electron chi connectivity index (χ3n) is 4.54. The zero-order valence-electron chi connectivity index (χ0n) is 17.1. The molecule has 0 saturated carbocycles. The molecule has 0 radical (unpaired) electrons. The zero-order valence-corrected chi connectivity index (χ0v) is 18.6. The van der Waals surface area contributed by atoms with Gasteiger partial charge in [0.05, 0.1) is 6.42 Å². The molecule has 1 aliphatic carbocycles. The first-order valence-electron chi connectivity index (χ1n) is 9.63. The SMILES string of the molecule is CC(C)(C)OC(=O)N1CCC[C@H]1C(=O)OC(CC(F)(F)F)C(=O)C1=CC=C(Br)CC1. The normalized spacial score (nSPS) is 20.9. The molecule has 1 amide bonds. The van der Waals surface area contributed by atoms with Gasteiger partial charge in [0.25, 0.3) is 0 Å². The van der Waals surface area contributed by atoms with Crippen LogP contribution in [0.5, 0.6) is 0 Å². The van der Waals surface area contributed by atoms with E-state index in [1.165, 1.54) is 6.08 Å². The number of Topliss-reactive ketones (excluding diaryl/α,β-unsaturated/α-hetero) is 1. The third kappa shape index (κ3) is 7.14. The Kier molecular flexibility index (Phi) is 7.76. The molecule has 2 aliphatic rings. The highest BCUT2D eigenvalue weighted by molar-refractivity contribution is 9.11. The number of likely N-dealkylation sites (tertiary alicyclic amines) is 1. The Morgan fingerprint density at radius 2 is 1.87 bits per heavy atom. The molecule has 1 fully saturated rings. The number of carbonyl (C=O) groups excluding carboxylic acids is 3. The molecule has 1 unspecified atom stereocenters. The number of ether oxygens (including phenoxy) is 2. The van der Waals surface area contributed by atoms with E-state index in [1.54, 1.807) is 26.8 Å². The number of esters is 1. The molecule has 0 spiro atoms. The van der Waals surface area contributed by atoms with E-state index in [0.29, 0.717) is 12.8 Å². The number of ketones is 1. The maximum absolute atomic E-state index is 13.0. The average molecular weight is 496 g/mol. The molecule has 0 aromatic carbocycles. The van der Waals surface area contributed by atoms with Gasteiger partial charge >= 0.3 is 18.2 Å². The number of hydrogen-bond donors (Lipinski definition) is 0. The van der Waals surface area contributed by atoms with Crippen LogP contribution in [0, 0.1) is 0 Å². The first kappa shape index (κ1) is 24.4. The lowest BCUT2D eigenvalue weighted by atomic mass is 9.96. The highest BCUT2D eigenvalue weighted by Gasteiger charge is 2.43. The molecule has 0 aromatic heterocycles. The van der Waals surface area contributed by atoms with Crippen LogP contribution < -0.4 is 0 Å². The lowest BCUT2D eigenvalue weighted by Gasteiger charge is -2.29. The van der Waals surface area contributed by atoms with E-state index >= 15 is 0 Å². The third-order valence-corrected chi connectivity index (χ3v) is 5.20. The Bertz CT molecular complexity index is 755. The highest BCUT2D eigenvalue weighted by atomic mass is 79.9. The summed E-state index contributed by atoms with van der Waals surface area (Å²) in [6.07, 6.45) is -4.59. The van der Waals surface area contributed by atoms with Crippen molar-refractivity contribution in [2.45, 2.75) is 76.8 Å². The first-order chi connectivity index (χ1) is 13.8. The summed E-state index contributed by atoms with van der Waals surface area (Å²) >= 11 is 3.27. The second-order valence-electron chi connectivity index (χ2n) is 8.25. The molecular formula is C20H25BrF3NO5. The van der Waals surface area contributed by atoms with Gasteiger partial charge in [0.1, 0.15) is 11.6 Å². The van der Waals surface area contributed by atoms with Crippen LogP contribution >= 0.6 is 15.9 Å². The van der Waals surface area contributed by atoms with Crippen molar-refractivity contribution in [3.63, 3.8) is 0 Å². The predicted molar refractivity (Wildman–Crippen MR) is 106 cm³/mol. The highest BCUT2D eigenvalue weighted by Crippen LogP contribution is 2.30. The number of rotatable bonds is 5. The van der Waals surface area contributed by atoms with Gasteiger partial charge in [-0.25, -0.2) is 9.59 Å². The van der Waals surface area contributed by atoms with Crippen LogP contribution in [0.15, 0.2) is 22.2 Å². The van der Waals surface area contributed by atoms with E-state index in [9.17, 15) is 27.6 Å². The fourth-order valence-corrected chi connectivity index (χ4v) is 3.52. The van der Waals surface area contributed by atoms with Crippen molar-refractivity contribution >= 4 is 33.8 Å². The molecule has 1 heterocycles. The van der Waals surface area contributed by atoms with Gasteiger partial charge < -0.3 is 9.47 Å². The topological polar surface area (TPSA) is 72.9 Å². The second kappa shape index (κ2) is 9.53. The Balaban J connectivity index is 2.15. The summed E-state index contributed by atoms with van der Waals surface area (Å²) in [5.74, 6) is -1.91. The monoisotopic (exact) mass is 495 g/mol. The van der Waals surface area contributed by atoms with Crippen LogP contribution in [0.3, 0.4) is 0 Å². The van der Waals surface area contributed by atoms with Crippen molar-refractivity contribution in [3.8, 4) is 0 Å². The zero-order chi connectivity index (χ0) is 22.7. The first-order valence-corrected chi connectivity index (χ1v) is 10.4. The quantitative estimate of drug-likeness (QED) is 0.511. The molecule has 10 heteroatoms. The number of halogens is 4. The van der Waals surface area contributed by atoms with Crippen LogP contribution in [-0.2, 0) is 19.1 Å². The van der Waals surface area contributed by atoms with Gasteiger partial charge in [0.15, 0.2) is 11.9 Å². The van der Waals surface area contributed by atoms with Crippen molar-refractivity contribution in [3.05, 3.63) is 22.2 Å². The van der Waals surface area contributed by atoms with Crippen LogP contribution in [0.25, 0.3) is 0 Å². The van der Waals surface area contributed by atoms with Gasteiger partial charge in [-0.2, -0.15) is 13.2 Å². The largest absolute Gasteiger partial charge is 0.452 e. The Morgan fingerprint density at radius 3 is 2.40 bits per heavy atom. The maximum atomic E-state index is 13.0. The maximum Gasteiger partial charge on any atom is 0.411 e. The Morgan fingerprint density at radius 1 is 1.20 bits per heavy atom. The second-order valence-corrected chi connectivity index (χ2v) is 9.26. The number of alkyl halides is 3. The van der Waals surface area contributed by atoms with Gasteiger partial charge in [-0.15, -0.1) is 0 Å². The number of nitrogens with zero attached hydrogens (tertiary/aromatic N) is 1. The van der Waals surface area contributed by atoms with Crippen LogP contribution in [0.1, 0.15) is 52.9 Å². The van der Waals surface area contributed by atoms with Crippen molar-refractivity contribution in [1.82, 2.24) is 4.90 Å². The minimum Gasteiger partial charge on any atom is -0.452 e. The molecule has 168 valence electrons. The standard InChI is InChI=1S/C20H25BrF3NO5/c1-19(2,3)30-18(28)25-10-4-5-14(25)17(27)29-15(11-20(22,23)24)16(26)12-6-8-13(21)9-7-12/h6,8,14-15H,4-5,7,9-11H2,1-3H3/t14-,15?/m0/s1. The van der Waals surface area contributed by atoms with E-state index in [1.807, 2.05) is 0 Å². The average Bonchev–Trinajstić information content (AvgIpc) is 3.08. The number of hydrogen-bond acceptors (Lipinski definition) is 5. The number of amides is 1. The molecule has 2 rings (SSSR count). The van der Waals surface area contributed by atoms with E-state index < -0.39 is 48.2 Å². The summed E-state index contributed by atoms with van der Waals surface area (Å²) in [5, 5.41) is 0. The summed E-state index contributed by atoms with van der Waals surface area (Å²) in [7, 11) is 0. The minimum absolute atomic E-state index is 0.163. The summed E-state index contributed by atoms with van der Waals surface area (Å²) in [6.45, 7) is 5.21. The summed E-state index contributed by atoms with van der Waals surface area (Å²) in [4.78, 5) is 38.7. The van der Waals surface area contributed by atoms with Gasteiger partial charge in [0, 0.05) is 6.54 Å². The number of allylic oxidation sites excluding steroid dienone is 3. The van der Waals surface area contributed by atoms with Crippen LogP contribution in [0.4, 0.5) is 18.0 Å². The van der Waals surface area contributed by atoms with E-state index in [4.69, 9.17) is 9.47 Å². The number of carbonyl (C=O) groups is 3. The smallest absolute Gasteiger partial charge is 0.411 e. The molecule has 30 heavy (non-hydrogen) atoms. The molecule has 0 aromatic rings. The van der Waals surface area contributed by atoms with Gasteiger partial charge in [-0.05, 0) is 56.5 Å². The van der Waals surface area contributed by atoms with Crippen molar-refractivity contribution in [2.24, 2.45) is 0 Å². The van der Waals surface area contributed by atoms with Gasteiger partial charge in [-0.3, -0.25) is 9.69 Å². The van der Waals surface area contributed by atoms with Gasteiger partial charge in [0.2, 0.25) is 0 Å². The molecule has 2 atom stereocenters. The van der Waals surface area contributed by atoms with Crippen LogP contribution in [-0.4, -0.2) is 53.2 Å². The Hall–Kier alpha value is -1.84. The predicted octanol–water partition coefficient (Wildman–Crippen LogP) is 4.82. The van der Waals surface area contributed by atoms with Crippen LogP contribution in [0.2, 0.25) is 0 Å². The Labute approximate surface area is 181 Å². The molecule has 1 aliphatic heterocycles. The molecule has 0 bridgehead atoms. The minimum atomic E-state index is -4.70. The van der Waals surface area contributed by atoms with Gasteiger partial charge in [-0.1, -0.05) is 28.1 Å². The summed E-state index contributed by atoms with van der Waals surface area (Å²) in [5.41, 5.74) is -0.631. The molecular weight excluding hydrogens is 471 g/mol. The van der Waals surface area contributed by atoms with Crippen molar-refractivity contribution in [2.75, 3.05) is 6.54 Å². The van der Waals surface area contributed by atoms with E-state index in [0.717, 1.165) is 9.38 Å². The lowest BCUT2D eigenvalue weighted by Crippen LogP contribution is -2.46.